The molecule has 2 rings (SSSR count). The Morgan fingerprint density at radius 3 is 3.07 bits per heavy atom. The van der Waals surface area contributed by atoms with E-state index in [9.17, 15) is 9.90 Å². The first-order valence-electron chi connectivity index (χ1n) is 5.00. The zero-order valence-corrected chi connectivity index (χ0v) is 8.23. The van der Waals surface area contributed by atoms with E-state index in [1.165, 1.54) is 5.56 Å². The molecule has 74 valence electrons. The molecule has 0 aromatic heterocycles. The summed E-state index contributed by atoms with van der Waals surface area (Å²) in [7, 11) is 0. The van der Waals surface area contributed by atoms with Gasteiger partial charge in [0.25, 0.3) is 0 Å². The van der Waals surface area contributed by atoms with Crippen LogP contribution in [0.5, 0.6) is 5.75 Å². The van der Waals surface area contributed by atoms with E-state index < -0.39 is 0 Å². The van der Waals surface area contributed by atoms with E-state index >= 15 is 0 Å². The molecule has 2 nitrogen and oxygen atoms in total. The normalized spacial score (nSPS) is 21.6. The lowest BCUT2D eigenvalue weighted by Gasteiger charge is -2.15. The molecule has 0 saturated heterocycles. The lowest BCUT2D eigenvalue weighted by Crippen LogP contribution is -2.07. The maximum absolute atomic E-state index is 10.7. The van der Waals surface area contributed by atoms with Gasteiger partial charge in [-0.15, -0.1) is 0 Å². The maximum Gasteiger partial charge on any atom is 0.123 e. The highest BCUT2D eigenvalue weighted by atomic mass is 16.3. The lowest BCUT2D eigenvalue weighted by molar-refractivity contribution is -0.111. The molecule has 1 aromatic carbocycles. The molecule has 0 radical (unpaired) electrons. The molecule has 2 atom stereocenters. The number of rotatable bonds is 2. The summed E-state index contributed by atoms with van der Waals surface area (Å²) < 4.78 is 0. The topological polar surface area (TPSA) is 37.3 Å². The van der Waals surface area contributed by atoms with Crippen LogP contribution >= 0.6 is 0 Å². The summed E-state index contributed by atoms with van der Waals surface area (Å²) in [6, 6.07) is 5.60. The summed E-state index contributed by atoms with van der Waals surface area (Å²) in [5, 5.41) is 9.73. The van der Waals surface area contributed by atoms with Gasteiger partial charge in [-0.05, 0) is 30.4 Å². The first-order valence-corrected chi connectivity index (χ1v) is 5.00. The van der Waals surface area contributed by atoms with Gasteiger partial charge in [0.1, 0.15) is 12.0 Å². The molecular weight excluding hydrogens is 176 g/mol. The third kappa shape index (κ3) is 1.31. The van der Waals surface area contributed by atoms with Gasteiger partial charge >= 0.3 is 0 Å². The molecule has 2 heteroatoms. The van der Waals surface area contributed by atoms with Crippen molar-refractivity contribution >= 4 is 6.29 Å². The van der Waals surface area contributed by atoms with Crippen molar-refractivity contribution < 1.29 is 9.90 Å². The number of hydrogen-bond donors (Lipinski definition) is 1. The van der Waals surface area contributed by atoms with Gasteiger partial charge in [-0.3, -0.25) is 0 Å². The number of aromatic hydroxyl groups is 1. The number of carbonyl (C=O) groups excluding carboxylic acids is 1. The van der Waals surface area contributed by atoms with Crippen molar-refractivity contribution in [1.82, 2.24) is 0 Å². The number of fused-ring (bicyclic) bond motifs is 1. The van der Waals surface area contributed by atoms with Crippen LogP contribution in [0.25, 0.3) is 0 Å². The van der Waals surface area contributed by atoms with Crippen LogP contribution in [0, 0.1) is 5.92 Å². The molecule has 0 spiro atoms. The molecule has 2 unspecified atom stereocenters. The highest BCUT2D eigenvalue weighted by Gasteiger charge is 2.29. The Balaban J connectivity index is 2.42. The Morgan fingerprint density at radius 1 is 1.57 bits per heavy atom. The van der Waals surface area contributed by atoms with Crippen LogP contribution in [0.2, 0.25) is 0 Å². The second-order valence-electron chi connectivity index (χ2n) is 3.99. The second kappa shape index (κ2) is 3.45. The van der Waals surface area contributed by atoms with Gasteiger partial charge in [-0.25, -0.2) is 0 Å². The summed E-state index contributed by atoms with van der Waals surface area (Å²) in [5.41, 5.74) is 2.19. The third-order valence-electron chi connectivity index (χ3n) is 3.12. The Morgan fingerprint density at radius 2 is 2.36 bits per heavy atom. The summed E-state index contributed by atoms with van der Waals surface area (Å²) >= 11 is 0. The molecule has 14 heavy (non-hydrogen) atoms. The molecule has 0 fully saturated rings. The Hall–Kier alpha value is -1.31. The minimum absolute atomic E-state index is 0.00421. The van der Waals surface area contributed by atoms with Gasteiger partial charge in [0.15, 0.2) is 0 Å². The van der Waals surface area contributed by atoms with Crippen LogP contribution in [0.15, 0.2) is 18.2 Å². The highest BCUT2D eigenvalue weighted by Crippen LogP contribution is 2.42. The van der Waals surface area contributed by atoms with Crippen molar-refractivity contribution in [3.05, 3.63) is 29.3 Å². The summed E-state index contributed by atoms with van der Waals surface area (Å²) in [6.07, 6.45) is 2.94. The quantitative estimate of drug-likeness (QED) is 0.726. The van der Waals surface area contributed by atoms with Crippen LogP contribution in [0.4, 0.5) is 0 Å². The number of carbonyl (C=O) groups is 1. The van der Waals surface area contributed by atoms with Gasteiger partial charge in [0.2, 0.25) is 0 Å². The Labute approximate surface area is 83.6 Å². The smallest absolute Gasteiger partial charge is 0.123 e. The van der Waals surface area contributed by atoms with Gasteiger partial charge in [-0.1, -0.05) is 19.1 Å². The van der Waals surface area contributed by atoms with E-state index in [0.29, 0.717) is 5.75 Å². The number of phenols is 1. The van der Waals surface area contributed by atoms with Crippen molar-refractivity contribution in [2.45, 2.75) is 25.7 Å². The summed E-state index contributed by atoms with van der Waals surface area (Å²) in [4.78, 5) is 10.7. The number of benzene rings is 1. The van der Waals surface area contributed by atoms with Crippen molar-refractivity contribution in [3.8, 4) is 5.75 Å². The average molecular weight is 190 g/mol. The van der Waals surface area contributed by atoms with Crippen molar-refractivity contribution in [1.29, 1.82) is 0 Å². The van der Waals surface area contributed by atoms with Crippen LogP contribution in [-0.2, 0) is 11.2 Å². The zero-order chi connectivity index (χ0) is 10.1. The minimum atomic E-state index is 0.00421. The first kappa shape index (κ1) is 9.25. The van der Waals surface area contributed by atoms with Gasteiger partial charge in [0.05, 0.1) is 0 Å². The van der Waals surface area contributed by atoms with Crippen LogP contribution in [-0.4, -0.2) is 11.4 Å². The fourth-order valence-corrected chi connectivity index (χ4v) is 2.32. The zero-order valence-electron chi connectivity index (χ0n) is 8.23. The molecule has 1 aliphatic rings. The molecule has 1 N–H and O–H groups in total. The van der Waals surface area contributed by atoms with Crippen LogP contribution in [0.1, 0.15) is 30.4 Å². The van der Waals surface area contributed by atoms with E-state index in [-0.39, 0.29) is 11.8 Å². The van der Waals surface area contributed by atoms with Crippen LogP contribution < -0.4 is 0 Å². The van der Waals surface area contributed by atoms with Crippen molar-refractivity contribution in [3.63, 3.8) is 0 Å². The van der Waals surface area contributed by atoms with E-state index in [1.807, 2.05) is 19.1 Å². The highest BCUT2D eigenvalue weighted by molar-refractivity contribution is 5.58. The maximum atomic E-state index is 10.7. The lowest BCUT2D eigenvalue weighted by atomic mass is 9.89. The summed E-state index contributed by atoms with van der Waals surface area (Å²) in [5.74, 6) is 0.562. The second-order valence-corrected chi connectivity index (χ2v) is 3.99. The standard InChI is InChI=1S/C12H14O2/c1-8(7-13)10-6-5-9-3-2-4-11(14)12(9)10/h2-4,7-8,10,14H,5-6H2,1H3. The van der Waals surface area contributed by atoms with Gasteiger partial charge in [0, 0.05) is 11.5 Å². The van der Waals surface area contributed by atoms with Gasteiger partial charge < -0.3 is 9.90 Å². The summed E-state index contributed by atoms with van der Waals surface area (Å²) in [6.45, 7) is 1.92. The van der Waals surface area contributed by atoms with E-state index in [1.54, 1.807) is 6.07 Å². The third-order valence-corrected chi connectivity index (χ3v) is 3.12. The number of phenolic OH excluding ortho intramolecular Hbond substituents is 1. The molecule has 0 bridgehead atoms. The number of hydrogen-bond acceptors (Lipinski definition) is 2. The fraction of sp³-hybridized carbons (Fsp3) is 0.417. The van der Waals surface area contributed by atoms with Crippen LogP contribution in [0.3, 0.4) is 0 Å². The molecular formula is C12H14O2. The molecule has 0 aliphatic heterocycles. The largest absolute Gasteiger partial charge is 0.508 e. The molecule has 0 amide bonds. The molecule has 1 aromatic rings. The number of aldehydes is 1. The SMILES string of the molecule is CC(C=O)C1CCc2cccc(O)c21. The molecule has 0 heterocycles. The first-order chi connectivity index (χ1) is 6.74. The fourth-order valence-electron chi connectivity index (χ4n) is 2.32. The number of aryl methyl sites for hydroxylation is 1. The van der Waals surface area contributed by atoms with E-state index in [0.717, 1.165) is 24.7 Å². The van der Waals surface area contributed by atoms with Crippen molar-refractivity contribution in [2.75, 3.05) is 0 Å². The Bertz CT molecular complexity index is 357. The predicted octanol–water partition coefficient (Wildman–Crippen LogP) is 2.26. The van der Waals surface area contributed by atoms with E-state index in [4.69, 9.17) is 0 Å². The Kier molecular flexibility index (Phi) is 2.28. The minimum Gasteiger partial charge on any atom is -0.508 e. The van der Waals surface area contributed by atoms with Gasteiger partial charge in [-0.2, -0.15) is 0 Å². The van der Waals surface area contributed by atoms with Crippen molar-refractivity contribution in [2.24, 2.45) is 5.92 Å². The molecule has 0 saturated carbocycles. The average Bonchev–Trinajstić information content (AvgIpc) is 2.62. The molecule has 1 aliphatic carbocycles. The van der Waals surface area contributed by atoms with E-state index in [2.05, 4.69) is 0 Å². The monoisotopic (exact) mass is 190 g/mol. The predicted molar refractivity (Wildman–Crippen MR) is 54.4 cm³/mol.